The molecule has 1 aromatic rings. The van der Waals surface area contributed by atoms with Crippen LogP contribution in [0.3, 0.4) is 0 Å². The van der Waals surface area contributed by atoms with Crippen LogP contribution < -0.4 is 0 Å². The third kappa shape index (κ3) is 2.17. The maximum absolute atomic E-state index is 11.5. The first kappa shape index (κ1) is 12.4. The molecule has 1 aliphatic rings. The first-order valence-electron chi connectivity index (χ1n) is 6.16. The molecule has 0 saturated heterocycles. The second-order valence-electron chi connectivity index (χ2n) is 4.56. The van der Waals surface area contributed by atoms with Crippen molar-refractivity contribution in [3.05, 3.63) is 47.5 Å². The van der Waals surface area contributed by atoms with Gasteiger partial charge in [-0.25, -0.2) is 0 Å². The van der Waals surface area contributed by atoms with Gasteiger partial charge in [-0.1, -0.05) is 36.4 Å². The van der Waals surface area contributed by atoms with Crippen LogP contribution in [0.25, 0.3) is 0 Å². The van der Waals surface area contributed by atoms with Crippen molar-refractivity contribution in [3.63, 3.8) is 0 Å². The van der Waals surface area contributed by atoms with Gasteiger partial charge in [-0.05, 0) is 30.4 Å². The van der Waals surface area contributed by atoms with Crippen molar-refractivity contribution in [2.24, 2.45) is 0 Å². The Labute approximate surface area is 107 Å². The van der Waals surface area contributed by atoms with E-state index in [1.165, 1.54) is 0 Å². The van der Waals surface area contributed by atoms with E-state index in [1.54, 1.807) is 0 Å². The van der Waals surface area contributed by atoms with Gasteiger partial charge in [-0.2, -0.15) is 0 Å². The van der Waals surface area contributed by atoms with Gasteiger partial charge in [0.05, 0.1) is 0 Å². The minimum atomic E-state index is -0.836. The van der Waals surface area contributed by atoms with E-state index in [9.17, 15) is 9.90 Å². The molecule has 2 rings (SSSR count). The van der Waals surface area contributed by atoms with Gasteiger partial charge in [0.1, 0.15) is 5.41 Å². The molecule has 2 nitrogen and oxygen atoms in total. The molecule has 1 unspecified atom stereocenters. The highest BCUT2D eigenvalue weighted by Gasteiger charge is 2.51. The van der Waals surface area contributed by atoms with Crippen LogP contribution in [0.15, 0.2) is 42.0 Å². The fraction of sp³-hybridized carbons (Fsp3) is 0.312. The molecular formula is C16H16O2. The Morgan fingerprint density at radius 2 is 2.00 bits per heavy atom. The molecule has 92 valence electrons. The molecule has 0 amide bonds. The van der Waals surface area contributed by atoms with Crippen LogP contribution in [0, 0.1) is 12.3 Å². The van der Waals surface area contributed by atoms with Gasteiger partial charge in [0, 0.05) is 6.42 Å². The number of benzene rings is 1. The molecule has 2 heteroatoms. The van der Waals surface area contributed by atoms with E-state index in [2.05, 4.69) is 5.92 Å². The third-order valence-corrected chi connectivity index (χ3v) is 3.40. The minimum Gasteiger partial charge on any atom is -0.480 e. The number of unbranched alkanes of at least 4 members (excludes halogenated alkanes) is 2. The van der Waals surface area contributed by atoms with Crippen molar-refractivity contribution in [3.8, 4) is 12.3 Å². The number of carbonyl (C=O) groups is 1. The van der Waals surface area contributed by atoms with E-state index < -0.39 is 11.4 Å². The van der Waals surface area contributed by atoms with Crippen molar-refractivity contribution in [2.45, 2.75) is 31.1 Å². The molecule has 0 saturated carbocycles. The standard InChI is InChI=1S/C16H16O2/c1-2-3-4-6-11-14-12-16(14,15(17)18)13-9-7-5-8-10-13/h1,5,7-10,12H,3-4,6,11H2,(H,17,18). The molecule has 0 fully saturated rings. The zero-order valence-corrected chi connectivity index (χ0v) is 10.2. The van der Waals surface area contributed by atoms with Gasteiger partial charge in [-0.15, -0.1) is 12.3 Å². The summed E-state index contributed by atoms with van der Waals surface area (Å²) < 4.78 is 0. The van der Waals surface area contributed by atoms with Gasteiger partial charge in [0.25, 0.3) is 0 Å². The van der Waals surface area contributed by atoms with Gasteiger partial charge in [0.2, 0.25) is 0 Å². The Morgan fingerprint density at radius 1 is 1.28 bits per heavy atom. The summed E-state index contributed by atoms with van der Waals surface area (Å²) in [7, 11) is 0. The monoisotopic (exact) mass is 240 g/mol. The van der Waals surface area contributed by atoms with Gasteiger partial charge >= 0.3 is 5.97 Å². The smallest absolute Gasteiger partial charge is 0.322 e. The highest BCUT2D eigenvalue weighted by Crippen LogP contribution is 2.49. The van der Waals surface area contributed by atoms with Crippen molar-refractivity contribution >= 4 is 5.97 Å². The zero-order chi connectivity index (χ0) is 13.0. The molecule has 0 bridgehead atoms. The van der Waals surface area contributed by atoms with Crippen LogP contribution in [0.4, 0.5) is 0 Å². The zero-order valence-electron chi connectivity index (χ0n) is 10.2. The summed E-state index contributed by atoms with van der Waals surface area (Å²) >= 11 is 0. The predicted octanol–water partition coefficient (Wildman–Crippen LogP) is 3.14. The first-order valence-corrected chi connectivity index (χ1v) is 6.16. The average molecular weight is 240 g/mol. The molecule has 1 aromatic carbocycles. The minimum absolute atomic E-state index is 0.763. The van der Waals surface area contributed by atoms with E-state index in [0.717, 1.165) is 36.8 Å². The summed E-state index contributed by atoms with van der Waals surface area (Å²) in [6.07, 6.45) is 10.6. The van der Waals surface area contributed by atoms with Crippen molar-refractivity contribution in [2.75, 3.05) is 0 Å². The second kappa shape index (κ2) is 5.10. The maximum Gasteiger partial charge on any atom is 0.322 e. The first-order chi connectivity index (χ1) is 8.71. The van der Waals surface area contributed by atoms with Crippen LogP contribution in [-0.2, 0) is 10.2 Å². The summed E-state index contributed by atoms with van der Waals surface area (Å²) in [6, 6.07) is 9.40. The number of hydrogen-bond acceptors (Lipinski definition) is 1. The Hall–Kier alpha value is -2.01. The lowest BCUT2D eigenvalue weighted by Crippen LogP contribution is -2.23. The molecule has 1 aliphatic carbocycles. The molecule has 0 aliphatic heterocycles. The van der Waals surface area contributed by atoms with Crippen molar-refractivity contribution in [1.29, 1.82) is 0 Å². The van der Waals surface area contributed by atoms with E-state index in [1.807, 2.05) is 36.4 Å². The van der Waals surface area contributed by atoms with Crippen LogP contribution in [0.1, 0.15) is 31.2 Å². The normalized spacial score (nSPS) is 20.9. The van der Waals surface area contributed by atoms with Crippen LogP contribution >= 0.6 is 0 Å². The van der Waals surface area contributed by atoms with E-state index in [0.29, 0.717) is 0 Å². The Balaban J connectivity index is 2.02. The van der Waals surface area contributed by atoms with E-state index in [4.69, 9.17) is 6.42 Å². The molecule has 1 atom stereocenters. The fourth-order valence-corrected chi connectivity index (χ4v) is 2.33. The highest BCUT2D eigenvalue weighted by molar-refractivity contribution is 5.94. The predicted molar refractivity (Wildman–Crippen MR) is 71.1 cm³/mol. The molecule has 18 heavy (non-hydrogen) atoms. The van der Waals surface area contributed by atoms with Gasteiger partial charge < -0.3 is 5.11 Å². The second-order valence-corrected chi connectivity index (χ2v) is 4.56. The average Bonchev–Trinajstić information content (AvgIpc) is 3.12. The Bertz CT molecular complexity index is 508. The lowest BCUT2D eigenvalue weighted by atomic mass is 9.89. The topological polar surface area (TPSA) is 37.3 Å². The SMILES string of the molecule is C#CCCCCC1=CC1(C(=O)O)c1ccccc1. The molecule has 0 aromatic heterocycles. The third-order valence-electron chi connectivity index (χ3n) is 3.40. The molecular weight excluding hydrogens is 224 g/mol. The summed E-state index contributed by atoms with van der Waals surface area (Å²) in [4.78, 5) is 11.5. The maximum atomic E-state index is 11.5. The Kier molecular flexibility index (Phi) is 3.53. The Morgan fingerprint density at radius 3 is 2.61 bits per heavy atom. The summed E-state index contributed by atoms with van der Waals surface area (Å²) in [5.41, 5.74) is 1.03. The van der Waals surface area contributed by atoms with Gasteiger partial charge in [0.15, 0.2) is 0 Å². The van der Waals surface area contributed by atoms with E-state index >= 15 is 0 Å². The number of terminal acetylenes is 1. The lowest BCUT2D eigenvalue weighted by molar-refractivity contribution is -0.139. The number of aliphatic carboxylic acids is 1. The molecule has 1 N–H and O–H groups in total. The van der Waals surface area contributed by atoms with Crippen LogP contribution in [-0.4, -0.2) is 11.1 Å². The van der Waals surface area contributed by atoms with Gasteiger partial charge in [-0.3, -0.25) is 4.79 Å². The van der Waals surface area contributed by atoms with Crippen molar-refractivity contribution < 1.29 is 9.90 Å². The van der Waals surface area contributed by atoms with Crippen LogP contribution in [0.2, 0.25) is 0 Å². The number of carboxylic acid groups (broad SMARTS) is 1. The summed E-state index contributed by atoms with van der Waals surface area (Å²) in [6.45, 7) is 0. The fourth-order valence-electron chi connectivity index (χ4n) is 2.33. The number of rotatable bonds is 6. The molecule has 0 heterocycles. The van der Waals surface area contributed by atoms with Crippen LogP contribution in [0.5, 0.6) is 0 Å². The van der Waals surface area contributed by atoms with E-state index in [-0.39, 0.29) is 0 Å². The number of carboxylic acids is 1. The van der Waals surface area contributed by atoms with Crippen molar-refractivity contribution in [1.82, 2.24) is 0 Å². The lowest BCUT2D eigenvalue weighted by Gasteiger charge is -2.14. The quantitative estimate of drug-likeness (QED) is 0.471. The molecule has 0 radical (unpaired) electrons. The molecule has 0 spiro atoms. The summed E-state index contributed by atoms with van der Waals surface area (Å²) in [5, 5.41) is 9.45. The highest BCUT2D eigenvalue weighted by atomic mass is 16.4. The summed E-state index contributed by atoms with van der Waals surface area (Å²) in [5.74, 6) is 1.82. The largest absolute Gasteiger partial charge is 0.480 e. The number of hydrogen-bond donors (Lipinski definition) is 1.